The van der Waals surface area contributed by atoms with E-state index in [-0.39, 0.29) is 0 Å². The summed E-state index contributed by atoms with van der Waals surface area (Å²) in [5.41, 5.74) is 13.5. The second kappa shape index (κ2) is 12.6. The van der Waals surface area contributed by atoms with E-state index in [4.69, 9.17) is 8.83 Å². The molecule has 0 unspecified atom stereocenters. The molecule has 2 aromatic heterocycles. The monoisotopic (exact) mass is 703 g/mol. The number of anilines is 3. The van der Waals surface area contributed by atoms with Gasteiger partial charge < -0.3 is 13.7 Å². The summed E-state index contributed by atoms with van der Waals surface area (Å²) in [5, 5.41) is 6.78. The standard InChI is InChI=1S/C52H33NO2/c1-3-11-34(12-4-1)37-19-20-39-32-42(27-23-38(39)31-37)53(41-25-21-35(22-26-41)40-24-30-50-47(33-40)45-16-8-9-17-48(45)54-50)51-43(36-13-5-2-6-14-36)28-29-46-44-15-7-10-18-49(44)55-52(46)51/h1-33H. The number of fused-ring (bicyclic) bond motifs is 7. The second-order valence-electron chi connectivity index (χ2n) is 14.1. The Morgan fingerprint density at radius 1 is 0.309 bits per heavy atom. The van der Waals surface area contributed by atoms with Crippen molar-refractivity contribution in [3.05, 3.63) is 200 Å². The normalized spacial score (nSPS) is 11.6. The van der Waals surface area contributed by atoms with E-state index in [2.05, 4.69) is 187 Å². The molecule has 0 saturated heterocycles. The maximum Gasteiger partial charge on any atom is 0.160 e. The smallest absolute Gasteiger partial charge is 0.160 e. The maximum absolute atomic E-state index is 6.83. The van der Waals surface area contributed by atoms with Crippen molar-refractivity contribution < 1.29 is 8.83 Å². The maximum atomic E-state index is 6.83. The minimum absolute atomic E-state index is 0.850. The second-order valence-corrected chi connectivity index (χ2v) is 14.1. The van der Waals surface area contributed by atoms with Gasteiger partial charge in [-0.05, 0) is 99.3 Å². The van der Waals surface area contributed by atoms with Gasteiger partial charge in [-0.3, -0.25) is 0 Å². The minimum atomic E-state index is 0.850. The van der Waals surface area contributed by atoms with Crippen molar-refractivity contribution in [2.45, 2.75) is 0 Å². The van der Waals surface area contributed by atoms with Gasteiger partial charge in [-0.25, -0.2) is 0 Å². The van der Waals surface area contributed by atoms with Crippen molar-refractivity contribution >= 4 is 71.7 Å². The Labute approximate surface area is 317 Å². The van der Waals surface area contributed by atoms with Crippen LogP contribution in [-0.4, -0.2) is 0 Å². The van der Waals surface area contributed by atoms with Crippen LogP contribution in [0.2, 0.25) is 0 Å². The van der Waals surface area contributed by atoms with Crippen molar-refractivity contribution in [1.29, 1.82) is 0 Å². The number of nitrogens with zero attached hydrogens (tertiary/aromatic N) is 1. The van der Waals surface area contributed by atoms with E-state index in [1.165, 1.54) is 16.5 Å². The van der Waals surface area contributed by atoms with Crippen LogP contribution in [-0.2, 0) is 0 Å². The van der Waals surface area contributed by atoms with E-state index in [0.717, 1.165) is 88.6 Å². The molecular weight excluding hydrogens is 671 g/mol. The summed E-state index contributed by atoms with van der Waals surface area (Å²) in [7, 11) is 0. The molecule has 0 aliphatic heterocycles. The van der Waals surface area contributed by atoms with Gasteiger partial charge >= 0.3 is 0 Å². The lowest BCUT2D eigenvalue weighted by atomic mass is 9.97. The molecular formula is C52H33NO2. The van der Waals surface area contributed by atoms with E-state index in [1.807, 2.05) is 18.2 Å². The molecule has 0 fully saturated rings. The zero-order valence-electron chi connectivity index (χ0n) is 29.8. The minimum Gasteiger partial charge on any atom is -0.456 e. The molecule has 0 aliphatic rings. The molecule has 0 atom stereocenters. The van der Waals surface area contributed by atoms with Gasteiger partial charge in [0, 0.05) is 38.5 Å². The molecule has 0 radical (unpaired) electrons. The Morgan fingerprint density at radius 2 is 0.855 bits per heavy atom. The van der Waals surface area contributed by atoms with Gasteiger partial charge in [-0.1, -0.05) is 140 Å². The molecule has 0 aliphatic carbocycles. The lowest BCUT2D eigenvalue weighted by molar-refractivity contribution is 0.668. The van der Waals surface area contributed by atoms with E-state index < -0.39 is 0 Å². The first-order chi connectivity index (χ1) is 27.2. The first-order valence-corrected chi connectivity index (χ1v) is 18.7. The van der Waals surface area contributed by atoms with Gasteiger partial charge in [0.25, 0.3) is 0 Å². The van der Waals surface area contributed by atoms with Crippen LogP contribution in [0.5, 0.6) is 0 Å². The third kappa shape index (κ3) is 5.28. The van der Waals surface area contributed by atoms with Gasteiger partial charge in [-0.15, -0.1) is 0 Å². The first-order valence-electron chi connectivity index (χ1n) is 18.7. The molecule has 0 saturated carbocycles. The highest BCUT2D eigenvalue weighted by atomic mass is 16.3. The van der Waals surface area contributed by atoms with Crippen molar-refractivity contribution in [3.8, 4) is 33.4 Å². The van der Waals surface area contributed by atoms with E-state index >= 15 is 0 Å². The number of hydrogen-bond donors (Lipinski definition) is 0. The predicted octanol–water partition coefficient (Wildman–Crippen LogP) is 15.1. The SMILES string of the molecule is c1ccc(-c2ccc3cc(N(c4ccc(-c5ccc6oc7ccccc7c6c5)cc4)c4c(-c5ccccc5)ccc5c4oc4ccccc45)ccc3c2)cc1. The third-order valence-corrected chi connectivity index (χ3v) is 10.9. The molecule has 11 rings (SSSR count). The molecule has 9 aromatic carbocycles. The van der Waals surface area contributed by atoms with Crippen molar-refractivity contribution in [3.63, 3.8) is 0 Å². The quantitative estimate of drug-likeness (QED) is 0.173. The topological polar surface area (TPSA) is 29.5 Å². The molecule has 2 heterocycles. The highest BCUT2D eigenvalue weighted by Gasteiger charge is 2.24. The molecule has 11 aromatic rings. The summed E-state index contributed by atoms with van der Waals surface area (Å²) < 4.78 is 13.0. The third-order valence-electron chi connectivity index (χ3n) is 10.9. The molecule has 0 spiro atoms. The highest BCUT2D eigenvalue weighted by Crippen LogP contribution is 2.48. The van der Waals surface area contributed by atoms with Crippen LogP contribution in [0.25, 0.3) is 88.0 Å². The van der Waals surface area contributed by atoms with Crippen molar-refractivity contribution in [2.24, 2.45) is 0 Å². The van der Waals surface area contributed by atoms with Gasteiger partial charge in [-0.2, -0.15) is 0 Å². The Morgan fingerprint density at radius 3 is 1.64 bits per heavy atom. The van der Waals surface area contributed by atoms with E-state index in [0.29, 0.717) is 0 Å². The average molecular weight is 704 g/mol. The number of rotatable bonds is 6. The lowest BCUT2D eigenvalue weighted by Gasteiger charge is -2.28. The summed E-state index contributed by atoms with van der Waals surface area (Å²) in [6.07, 6.45) is 0. The van der Waals surface area contributed by atoms with Crippen LogP contribution in [0.3, 0.4) is 0 Å². The molecule has 55 heavy (non-hydrogen) atoms. The van der Waals surface area contributed by atoms with Crippen LogP contribution in [0.4, 0.5) is 17.1 Å². The fraction of sp³-hybridized carbons (Fsp3) is 0. The Hall–Kier alpha value is -7.36. The summed E-state index contributed by atoms with van der Waals surface area (Å²) in [6, 6.07) is 71.1. The Balaban J connectivity index is 1.12. The van der Waals surface area contributed by atoms with Crippen molar-refractivity contribution in [1.82, 2.24) is 0 Å². The zero-order valence-corrected chi connectivity index (χ0v) is 29.8. The number of benzene rings is 9. The van der Waals surface area contributed by atoms with Gasteiger partial charge in [0.2, 0.25) is 0 Å². The lowest BCUT2D eigenvalue weighted by Crippen LogP contribution is -2.11. The summed E-state index contributed by atoms with van der Waals surface area (Å²) >= 11 is 0. The molecule has 3 nitrogen and oxygen atoms in total. The van der Waals surface area contributed by atoms with Crippen LogP contribution >= 0.6 is 0 Å². The molecule has 3 heteroatoms. The van der Waals surface area contributed by atoms with Crippen LogP contribution in [0.1, 0.15) is 0 Å². The van der Waals surface area contributed by atoms with Gasteiger partial charge in [0.05, 0.1) is 5.69 Å². The summed E-state index contributed by atoms with van der Waals surface area (Å²) in [5.74, 6) is 0. The largest absolute Gasteiger partial charge is 0.456 e. The summed E-state index contributed by atoms with van der Waals surface area (Å²) in [4.78, 5) is 2.37. The molecule has 0 amide bonds. The molecule has 0 N–H and O–H groups in total. The average Bonchev–Trinajstić information content (AvgIpc) is 3.83. The van der Waals surface area contributed by atoms with Gasteiger partial charge in [0.15, 0.2) is 5.58 Å². The van der Waals surface area contributed by atoms with E-state index in [1.54, 1.807) is 0 Å². The fourth-order valence-corrected chi connectivity index (χ4v) is 8.15. The number of furan rings is 2. The predicted molar refractivity (Wildman–Crippen MR) is 229 cm³/mol. The zero-order chi connectivity index (χ0) is 36.3. The van der Waals surface area contributed by atoms with Crippen LogP contribution in [0, 0.1) is 0 Å². The van der Waals surface area contributed by atoms with Gasteiger partial charge in [0.1, 0.15) is 16.7 Å². The first kappa shape index (κ1) is 31.2. The van der Waals surface area contributed by atoms with Crippen LogP contribution in [0.15, 0.2) is 209 Å². The van der Waals surface area contributed by atoms with Crippen LogP contribution < -0.4 is 4.90 Å². The molecule has 0 bridgehead atoms. The number of para-hydroxylation sites is 2. The van der Waals surface area contributed by atoms with Crippen molar-refractivity contribution in [2.75, 3.05) is 4.90 Å². The fourth-order valence-electron chi connectivity index (χ4n) is 8.15. The van der Waals surface area contributed by atoms with E-state index in [9.17, 15) is 0 Å². The molecule has 258 valence electrons. The Bertz CT molecular complexity index is 3190. The Kier molecular flexibility index (Phi) is 7.17. The summed E-state index contributed by atoms with van der Waals surface area (Å²) in [6.45, 7) is 0. The number of hydrogen-bond acceptors (Lipinski definition) is 3. The highest BCUT2D eigenvalue weighted by molar-refractivity contribution is 6.14.